The molecule has 1 saturated heterocycles. The predicted octanol–water partition coefficient (Wildman–Crippen LogP) is 2.50. The predicted molar refractivity (Wildman–Crippen MR) is 68.8 cm³/mol. The summed E-state index contributed by atoms with van der Waals surface area (Å²) in [5.41, 5.74) is 4.17. The summed E-state index contributed by atoms with van der Waals surface area (Å²) in [5.74, 6) is 0.876. The average molecular weight is 218 g/mol. The van der Waals surface area contributed by atoms with E-state index in [0.29, 0.717) is 0 Å². The molecule has 94 valence electrons. The molecule has 0 aliphatic carbocycles. The minimum Gasteiger partial charge on any atom is -0.372 e. The lowest BCUT2D eigenvalue weighted by molar-refractivity contribution is -0.106. The van der Waals surface area contributed by atoms with Gasteiger partial charge in [-0.05, 0) is 44.8 Å². The fourth-order valence-electron chi connectivity index (χ4n) is 1.45. The van der Waals surface area contributed by atoms with Crippen molar-refractivity contribution in [2.24, 2.45) is 11.7 Å². The van der Waals surface area contributed by atoms with Crippen molar-refractivity contribution in [2.45, 2.75) is 47.0 Å². The summed E-state index contributed by atoms with van der Waals surface area (Å²) >= 11 is 0. The highest BCUT2D eigenvalue weighted by Crippen LogP contribution is 2.09. The van der Waals surface area contributed by atoms with E-state index in [2.05, 4.69) is 24.5 Å². The molecule has 0 atom stereocenters. The molecule has 1 aliphatic rings. The summed E-state index contributed by atoms with van der Waals surface area (Å²) in [5, 5.41) is 0. The molecule has 0 aromatic carbocycles. The highest BCUT2D eigenvalue weighted by Gasteiger charge is 2.10. The van der Waals surface area contributed by atoms with Gasteiger partial charge in [-0.25, -0.2) is 0 Å². The molecular formula is C12H30N2O. The molecule has 1 heterocycles. The smallest absolute Gasteiger partial charge is 0.204 e. The highest BCUT2D eigenvalue weighted by molar-refractivity contribution is 5.42. The van der Waals surface area contributed by atoms with Crippen molar-refractivity contribution in [3.8, 4) is 0 Å². The lowest BCUT2D eigenvalue weighted by atomic mass is 10.1. The fourth-order valence-corrected chi connectivity index (χ4v) is 1.45. The average Bonchev–Trinajstić information content (AvgIpc) is 2.71. The van der Waals surface area contributed by atoms with Gasteiger partial charge in [0.05, 0.1) is 0 Å². The number of nitrogens with two attached hydrogens (primary N) is 1. The van der Waals surface area contributed by atoms with E-state index in [4.69, 9.17) is 4.79 Å². The van der Waals surface area contributed by atoms with Crippen molar-refractivity contribution in [1.82, 2.24) is 4.90 Å². The molecule has 0 aromatic heterocycles. The Labute approximate surface area is 96.5 Å². The molecule has 0 saturated carbocycles. The highest BCUT2D eigenvalue weighted by atomic mass is 16.1. The van der Waals surface area contributed by atoms with E-state index in [-0.39, 0.29) is 7.84 Å². The molecular weight excluding hydrogens is 188 g/mol. The van der Waals surface area contributed by atoms with Crippen LogP contribution in [0.2, 0.25) is 0 Å². The van der Waals surface area contributed by atoms with E-state index in [9.17, 15) is 0 Å². The van der Waals surface area contributed by atoms with Gasteiger partial charge in [0.1, 0.15) is 0 Å². The van der Waals surface area contributed by atoms with E-state index in [1.165, 1.54) is 38.9 Å². The van der Waals surface area contributed by atoms with Crippen LogP contribution in [0.4, 0.5) is 0 Å². The molecule has 1 rings (SSSR count). The Balaban J connectivity index is -0.000000246. The summed E-state index contributed by atoms with van der Waals surface area (Å²) in [7, 11) is 0. The molecule has 1 amide bonds. The molecule has 2 N–H and O–H groups in total. The molecule has 15 heavy (non-hydrogen) atoms. The number of primary amides is 1. The first-order chi connectivity index (χ1) is 7.20. The van der Waals surface area contributed by atoms with E-state index in [1.807, 2.05) is 13.8 Å². The number of carbonyl (C=O) groups is 1. The Morgan fingerprint density at radius 1 is 1.33 bits per heavy atom. The van der Waals surface area contributed by atoms with Crippen molar-refractivity contribution in [2.75, 3.05) is 19.6 Å². The topological polar surface area (TPSA) is 46.3 Å². The van der Waals surface area contributed by atoms with Gasteiger partial charge >= 0.3 is 0 Å². The molecule has 0 bridgehead atoms. The van der Waals surface area contributed by atoms with E-state index in [1.54, 1.807) is 0 Å². The third kappa shape index (κ3) is 13.4. The van der Waals surface area contributed by atoms with Crippen LogP contribution in [0.1, 0.15) is 48.4 Å². The minimum atomic E-state index is 0. The van der Waals surface area contributed by atoms with Crippen LogP contribution in [0.5, 0.6) is 0 Å². The first kappa shape index (κ1) is 16.8. The zero-order valence-electron chi connectivity index (χ0n) is 10.8. The molecule has 1 fully saturated rings. The van der Waals surface area contributed by atoms with E-state index >= 15 is 0 Å². The van der Waals surface area contributed by atoms with Crippen molar-refractivity contribution in [1.29, 1.82) is 0 Å². The van der Waals surface area contributed by atoms with Crippen LogP contribution in [-0.4, -0.2) is 30.9 Å². The van der Waals surface area contributed by atoms with Gasteiger partial charge in [0.25, 0.3) is 0 Å². The molecule has 3 nitrogen and oxygen atoms in total. The molecule has 3 heteroatoms. The zero-order chi connectivity index (χ0) is 12.1. The standard InChI is InChI=1S/C9H19N.C2H6.CH3NO.H2/c1-9(2)5-8-10-6-3-4-7-10;1-2;2-1-3;/h9H,3-8H2,1-2H3;1-2H3;1H,(H2,2,3);1H. The number of hydrogen-bond donors (Lipinski definition) is 1. The lowest BCUT2D eigenvalue weighted by Crippen LogP contribution is -2.21. The number of carbonyl (C=O) groups excluding carboxylic acids is 1. The van der Waals surface area contributed by atoms with Gasteiger partial charge < -0.3 is 10.6 Å². The van der Waals surface area contributed by atoms with Crippen molar-refractivity contribution >= 4 is 6.41 Å². The van der Waals surface area contributed by atoms with Gasteiger partial charge in [-0.3, -0.25) is 4.79 Å². The number of hydrogen-bond acceptors (Lipinski definition) is 2. The van der Waals surface area contributed by atoms with Crippen LogP contribution in [0.25, 0.3) is 0 Å². The summed E-state index contributed by atoms with van der Waals surface area (Å²) in [6.45, 7) is 12.6. The fraction of sp³-hybridized carbons (Fsp3) is 0.917. The van der Waals surface area contributed by atoms with Crippen LogP contribution in [0.15, 0.2) is 0 Å². The largest absolute Gasteiger partial charge is 0.372 e. The van der Waals surface area contributed by atoms with Crippen molar-refractivity contribution in [3.63, 3.8) is 0 Å². The SMILES string of the molecule is CC.CC(C)CCN1CCCC1.NC=O.[HH]. The van der Waals surface area contributed by atoms with Gasteiger partial charge in [-0.1, -0.05) is 27.7 Å². The zero-order valence-corrected chi connectivity index (χ0v) is 10.8. The Kier molecular flexibility index (Phi) is 15.1. The quantitative estimate of drug-likeness (QED) is 0.740. The summed E-state index contributed by atoms with van der Waals surface area (Å²) in [6.07, 6.45) is 4.48. The summed E-state index contributed by atoms with van der Waals surface area (Å²) < 4.78 is 0. The maximum absolute atomic E-state index is 8.58. The number of nitrogens with zero attached hydrogens (tertiary/aromatic N) is 1. The van der Waals surface area contributed by atoms with Gasteiger partial charge in [-0.2, -0.15) is 0 Å². The summed E-state index contributed by atoms with van der Waals surface area (Å²) in [6, 6.07) is 0. The second kappa shape index (κ2) is 13.4. The summed E-state index contributed by atoms with van der Waals surface area (Å²) in [4.78, 5) is 11.2. The van der Waals surface area contributed by atoms with Crippen molar-refractivity contribution < 1.29 is 6.22 Å². The van der Waals surface area contributed by atoms with Crippen LogP contribution < -0.4 is 5.73 Å². The Morgan fingerprint density at radius 2 is 1.73 bits per heavy atom. The second-order valence-corrected chi connectivity index (χ2v) is 3.87. The number of rotatable bonds is 3. The van der Waals surface area contributed by atoms with Gasteiger partial charge in [0, 0.05) is 1.43 Å². The Morgan fingerprint density at radius 3 is 2.07 bits per heavy atom. The van der Waals surface area contributed by atoms with Gasteiger partial charge in [0.2, 0.25) is 6.41 Å². The van der Waals surface area contributed by atoms with Gasteiger partial charge in [-0.15, -0.1) is 0 Å². The third-order valence-electron chi connectivity index (χ3n) is 2.22. The first-order valence-electron chi connectivity index (χ1n) is 6.08. The van der Waals surface area contributed by atoms with Crippen LogP contribution in [0.3, 0.4) is 0 Å². The second-order valence-electron chi connectivity index (χ2n) is 3.87. The van der Waals surface area contributed by atoms with Gasteiger partial charge in [0.15, 0.2) is 0 Å². The van der Waals surface area contributed by atoms with Crippen molar-refractivity contribution in [3.05, 3.63) is 0 Å². The monoisotopic (exact) mass is 218 g/mol. The Bertz CT molecular complexity index is 126. The number of amides is 1. The first-order valence-corrected chi connectivity index (χ1v) is 6.08. The molecule has 0 unspecified atom stereocenters. The van der Waals surface area contributed by atoms with E-state index in [0.717, 1.165) is 5.92 Å². The molecule has 0 radical (unpaired) electrons. The Hall–Kier alpha value is -0.570. The number of likely N-dealkylation sites (tertiary alicyclic amines) is 1. The maximum Gasteiger partial charge on any atom is 0.204 e. The van der Waals surface area contributed by atoms with Crippen LogP contribution in [-0.2, 0) is 4.79 Å². The lowest BCUT2D eigenvalue weighted by Gasteiger charge is -2.15. The maximum atomic E-state index is 8.58. The van der Waals surface area contributed by atoms with E-state index < -0.39 is 0 Å². The van der Waals surface area contributed by atoms with Crippen LogP contribution >= 0.6 is 0 Å². The third-order valence-corrected chi connectivity index (χ3v) is 2.22. The molecule has 0 aromatic rings. The molecule has 0 spiro atoms. The molecule has 1 aliphatic heterocycles. The normalized spacial score (nSPS) is 15.0. The minimum absolute atomic E-state index is 0. The van der Waals surface area contributed by atoms with Crippen LogP contribution in [0, 0.1) is 5.92 Å².